The first-order chi connectivity index (χ1) is 11.5. The molecule has 1 amide bonds. The number of anilines is 1. The predicted octanol–water partition coefficient (Wildman–Crippen LogP) is 1.67. The number of nitrogens with zero attached hydrogens (tertiary/aromatic N) is 2. The number of nitrogen functional groups attached to an aromatic ring is 1. The summed E-state index contributed by atoms with van der Waals surface area (Å²) >= 11 is 0. The molecule has 0 saturated heterocycles. The van der Waals surface area contributed by atoms with Crippen molar-refractivity contribution in [2.24, 2.45) is 5.10 Å². The van der Waals surface area contributed by atoms with Crippen molar-refractivity contribution in [3.8, 4) is 11.5 Å². The maximum absolute atomic E-state index is 11.9. The van der Waals surface area contributed by atoms with E-state index >= 15 is 0 Å². The molecule has 122 valence electrons. The second kappa shape index (κ2) is 6.24. The number of nitro benzene ring substituents is 1. The summed E-state index contributed by atoms with van der Waals surface area (Å²) in [6.07, 6.45) is 1.18. The SMILES string of the molecule is Nc1ccc(C(=O)N/N=C/c2cc3c(cc2[N+](=O)[O-])OCO3)cc1. The maximum atomic E-state index is 11.9. The molecule has 9 nitrogen and oxygen atoms in total. The van der Waals surface area contributed by atoms with E-state index in [2.05, 4.69) is 10.5 Å². The van der Waals surface area contributed by atoms with Crippen molar-refractivity contribution >= 4 is 23.5 Å². The molecule has 0 radical (unpaired) electrons. The maximum Gasteiger partial charge on any atom is 0.282 e. The molecule has 0 unspecified atom stereocenters. The molecular formula is C15H12N4O5. The Morgan fingerprint density at radius 3 is 2.58 bits per heavy atom. The summed E-state index contributed by atoms with van der Waals surface area (Å²) < 4.78 is 10.3. The molecule has 2 aromatic rings. The van der Waals surface area contributed by atoms with Crippen LogP contribution < -0.4 is 20.6 Å². The van der Waals surface area contributed by atoms with Crippen LogP contribution in [0.15, 0.2) is 41.5 Å². The highest BCUT2D eigenvalue weighted by Crippen LogP contribution is 2.37. The third-order valence-corrected chi connectivity index (χ3v) is 3.26. The zero-order valence-corrected chi connectivity index (χ0v) is 12.3. The van der Waals surface area contributed by atoms with Crippen LogP contribution in [0.3, 0.4) is 0 Å². The zero-order valence-electron chi connectivity index (χ0n) is 12.3. The number of hydrogen-bond acceptors (Lipinski definition) is 7. The number of rotatable bonds is 4. The first kappa shape index (κ1) is 15.3. The number of benzene rings is 2. The average molecular weight is 328 g/mol. The summed E-state index contributed by atoms with van der Waals surface area (Å²) in [4.78, 5) is 22.5. The highest BCUT2D eigenvalue weighted by molar-refractivity contribution is 5.95. The van der Waals surface area contributed by atoms with Gasteiger partial charge < -0.3 is 15.2 Å². The lowest BCUT2D eigenvalue weighted by Gasteiger charge is -2.02. The third-order valence-electron chi connectivity index (χ3n) is 3.26. The number of nitrogens with one attached hydrogen (secondary N) is 1. The Hall–Kier alpha value is -3.62. The van der Waals surface area contributed by atoms with Gasteiger partial charge in [-0.1, -0.05) is 0 Å². The second-order valence-electron chi connectivity index (χ2n) is 4.84. The minimum atomic E-state index is -0.564. The lowest BCUT2D eigenvalue weighted by atomic mass is 10.1. The molecule has 0 atom stereocenters. The number of nitrogens with two attached hydrogens (primary N) is 1. The fraction of sp³-hybridized carbons (Fsp3) is 0.0667. The fourth-order valence-electron chi connectivity index (χ4n) is 2.07. The van der Waals surface area contributed by atoms with Crippen LogP contribution in [0.5, 0.6) is 11.5 Å². The predicted molar refractivity (Wildman–Crippen MR) is 85.1 cm³/mol. The van der Waals surface area contributed by atoms with Crippen LogP contribution in [0.2, 0.25) is 0 Å². The quantitative estimate of drug-likeness (QED) is 0.380. The van der Waals surface area contributed by atoms with Gasteiger partial charge in [-0.3, -0.25) is 14.9 Å². The van der Waals surface area contributed by atoms with Crippen LogP contribution >= 0.6 is 0 Å². The molecule has 3 N–H and O–H groups in total. The Morgan fingerprint density at radius 1 is 1.25 bits per heavy atom. The van der Waals surface area contributed by atoms with Crippen LogP contribution in [0.4, 0.5) is 11.4 Å². The van der Waals surface area contributed by atoms with Crippen molar-refractivity contribution in [3.05, 3.63) is 57.6 Å². The van der Waals surface area contributed by atoms with Crippen LogP contribution in [0.1, 0.15) is 15.9 Å². The molecule has 0 fully saturated rings. The van der Waals surface area contributed by atoms with E-state index in [1.165, 1.54) is 18.3 Å². The molecule has 1 heterocycles. The Labute approximate surface area is 135 Å². The van der Waals surface area contributed by atoms with Crippen molar-refractivity contribution in [1.82, 2.24) is 5.43 Å². The second-order valence-corrected chi connectivity index (χ2v) is 4.84. The molecule has 2 aromatic carbocycles. The fourth-order valence-corrected chi connectivity index (χ4v) is 2.07. The summed E-state index contributed by atoms with van der Waals surface area (Å²) in [5.41, 5.74) is 8.72. The van der Waals surface area contributed by atoms with Crippen LogP contribution in [0, 0.1) is 10.1 Å². The minimum Gasteiger partial charge on any atom is -0.454 e. The van der Waals surface area contributed by atoms with E-state index in [1.807, 2.05) is 0 Å². The van der Waals surface area contributed by atoms with E-state index in [-0.39, 0.29) is 18.0 Å². The van der Waals surface area contributed by atoms with Gasteiger partial charge in [0.15, 0.2) is 11.5 Å². The monoisotopic (exact) mass is 328 g/mol. The molecule has 24 heavy (non-hydrogen) atoms. The van der Waals surface area contributed by atoms with E-state index in [9.17, 15) is 14.9 Å². The highest BCUT2D eigenvalue weighted by Gasteiger charge is 2.22. The van der Waals surface area contributed by atoms with E-state index in [0.29, 0.717) is 22.7 Å². The normalized spacial score (nSPS) is 12.3. The van der Waals surface area contributed by atoms with Gasteiger partial charge in [0.1, 0.15) is 0 Å². The van der Waals surface area contributed by atoms with Gasteiger partial charge in [-0.05, 0) is 30.3 Å². The van der Waals surface area contributed by atoms with Gasteiger partial charge in [0.05, 0.1) is 22.8 Å². The largest absolute Gasteiger partial charge is 0.454 e. The molecule has 9 heteroatoms. The van der Waals surface area contributed by atoms with Crippen molar-refractivity contribution in [2.45, 2.75) is 0 Å². The van der Waals surface area contributed by atoms with Crippen LogP contribution in [-0.2, 0) is 0 Å². The number of carbonyl (C=O) groups excluding carboxylic acids is 1. The number of carbonyl (C=O) groups is 1. The molecule has 3 rings (SSSR count). The first-order valence-corrected chi connectivity index (χ1v) is 6.81. The molecule has 1 aliphatic heterocycles. The van der Waals surface area contributed by atoms with E-state index in [1.54, 1.807) is 24.3 Å². The van der Waals surface area contributed by atoms with Gasteiger partial charge in [0, 0.05) is 11.3 Å². The number of hydrogen-bond donors (Lipinski definition) is 2. The first-order valence-electron chi connectivity index (χ1n) is 6.81. The number of nitro groups is 1. The standard InChI is InChI=1S/C15H12N4O5/c16-11-3-1-9(2-4-11)15(20)18-17-7-10-5-13-14(24-8-23-13)6-12(10)19(21)22/h1-7H,8,16H2,(H,18,20)/b17-7+. The molecule has 0 saturated carbocycles. The molecule has 0 aromatic heterocycles. The lowest BCUT2D eigenvalue weighted by molar-refractivity contribution is -0.385. The molecule has 0 bridgehead atoms. The summed E-state index contributed by atoms with van der Waals surface area (Å²) in [6.45, 7) is 0.000950. The molecular weight excluding hydrogens is 316 g/mol. The van der Waals surface area contributed by atoms with Crippen LogP contribution in [0.25, 0.3) is 0 Å². The summed E-state index contributed by atoms with van der Waals surface area (Å²) in [5, 5.41) is 14.9. The highest BCUT2D eigenvalue weighted by atomic mass is 16.7. The number of ether oxygens (including phenoxy) is 2. The molecule has 1 aliphatic rings. The molecule has 0 spiro atoms. The van der Waals surface area contributed by atoms with Gasteiger partial charge in [0.2, 0.25) is 6.79 Å². The van der Waals surface area contributed by atoms with Gasteiger partial charge in [0.25, 0.3) is 11.6 Å². The summed E-state index contributed by atoms with van der Waals surface area (Å²) in [7, 11) is 0. The average Bonchev–Trinajstić information content (AvgIpc) is 3.01. The zero-order chi connectivity index (χ0) is 17.1. The number of amides is 1. The number of hydrazone groups is 1. The Bertz CT molecular complexity index is 833. The van der Waals surface area contributed by atoms with Crippen molar-refractivity contribution in [2.75, 3.05) is 12.5 Å². The Morgan fingerprint density at radius 2 is 1.92 bits per heavy atom. The van der Waals surface area contributed by atoms with E-state index in [4.69, 9.17) is 15.2 Å². The van der Waals surface area contributed by atoms with Gasteiger partial charge in [-0.15, -0.1) is 0 Å². The smallest absolute Gasteiger partial charge is 0.282 e. The Balaban J connectivity index is 1.78. The Kier molecular flexibility index (Phi) is 3.98. The van der Waals surface area contributed by atoms with Crippen LogP contribution in [-0.4, -0.2) is 23.8 Å². The minimum absolute atomic E-state index is 0.000950. The van der Waals surface area contributed by atoms with Gasteiger partial charge in [-0.25, -0.2) is 5.43 Å². The molecule has 0 aliphatic carbocycles. The summed E-state index contributed by atoms with van der Waals surface area (Å²) in [6, 6.07) is 8.94. The van der Waals surface area contributed by atoms with Crippen molar-refractivity contribution < 1.29 is 19.2 Å². The summed E-state index contributed by atoms with van der Waals surface area (Å²) in [5.74, 6) is 0.214. The van der Waals surface area contributed by atoms with Gasteiger partial charge >= 0.3 is 0 Å². The van der Waals surface area contributed by atoms with E-state index < -0.39 is 10.8 Å². The third kappa shape index (κ3) is 3.09. The lowest BCUT2D eigenvalue weighted by Crippen LogP contribution is -2.17. The van der Waals surface area contributed by atoms with Crippen molar-refractivity contribution in [3.63, 3.8) is 0 Å². The number of fused-ring (bicyclic) bond motifs is 1. The van der Waals surface area contributed by atoms with Gasteiger partial charge in [-0.2, -0.15) is 5.10 Å². The topological polar surface area (TPSA) is 129 Å². The van der Waals surface area contributed by atoms with Crippen molar-refractivity contribution in [1.29, 1.82) is 0 Å². The van der Waals surface area contributed by atoms with E-state index in [0.717, 1.165) is 0 Å².